The number of methoxy groups -OCH3 is 2. The van der Waals surface area contributed by atoms with Gasteiger partial charge < -0.3 is 19.5 Å². The highest BCUT2D eigenvalue weighted by Crippen LogP contribution is 2.32. The van der Waals surface area contributed by atoms with Crippen LogP contribution in [0.25, 0.3) is 0 Å². The molecule has 0 saturated heterocycles. The van der Waals surface area contributed by atoms with Crippen molar-refractivity contribution in [2.24, 2.45) is 0 Å². The lowest BCUT2D eigenvalue weighted by Gasteiger charge is -2.12. The third-order valence-corrected chi connectivity index (χ3v) is 4.71. The molecule has 1 amide bonds. The third kappa shape index (κ3) is 6.34. The molecule has 0 spiro atoms. The van der Waals surface area contributed by atoms with Gasteiger partial charge in [0, 0.05) is 12.1 Å². The summed E-state index contributed by atoms with van der Waals surface area (Å²) in [4.78, 5) is 23.1. The van der Waals surface area contributed by atoms with Crippen molar-refractivity contribution in [1.29, 1.82) is 0 Å². The SMILES string of the molecule is COc1cccc(CCNC(=O)Cc2ccc(Oc3ccc(C=O)cc3)c(OC)c2)c1. The Morgan fingerprint density at radius 2 is 1.68 bits per heavy atom. The van der Waals surface area contributed by atoms with Crippen molar-refractivity contribution in [3.05, 3.63) is 83.4 Å². The zero-order valence-corrected chi connectivity index (χ0v) is 17.6. The fraction of sp³-hybridized carbons (Fsp3) is 0.200. The van der Waals surface area contributed by atoms with Crippen LogP contribution < -0.4 is 19.5 Å². The van der Waals surface area contributed by atoms with E-state index in [1.165, 1.54) is 0 Å². The molecule has 0 fully saturated rings. The quantitative estimate of drug-likeness (QED) is 0.499. The highest BCUT2D eigenvalue weighted by atomic mass is 16.5. The molecule has 0 aliphatic heterocycles. The molecule has 3 aromatic rings. The summed E-state index contributed by atoms with van der Waals surface area (Å²) in [6.07, 6.45) is 1.74. The number of hydrogen-bond donors (Lipinski definition) is 1. The van der Waals surface area contributed by atoms with E-state index in [-0.39, 0.29) is 12.3 Å². The Hall–Kier alpha value is -3.80. The van der Waals surface area contributed by atoms with Crippen LogP contribution in [0.3, 0.4) is 0 Å². The fourth-order valence-electron chi connectivity index (χ4n) is 3.07. The largest absolute Gasteiger partial charge is 0.497 e. The molecule has 0 heterocycles. The lowest BCUT2D eigenvalue weighted by atomic mass is 10.1. The van der Waals surface area contributed by atoms with Gasteiger partial charge in [-0.15, -0.1) is 0 Å². The van der Waals surface area contributed by atoms with E-state index in [9.17, 15) is 9.59 Å². The zero-order valence-electron chi connectivity index (χ0n) is 17.6. The Morgan fingerprint density at radius 3 is 2.39 bits per heavy atom. The Morgan fingerprint density at radius 1 is 0.871 bits per heavy atom. The fourth-order valence-corrected chi connectivity index (χ4v) is 3.07. The van der Waals surface area contributed by atoms with Crippen LogP contribution in [-0.4, -0.2) is 33.0 Å². The molecule has 0 atom stereocenters. The maximum absolute atomic E-state index is 12.3. The van der Waals surface area contributed by atoms with Crippen molar-refractivity contribution in [2.45, 2.75) is 12.8 Å². The van der Waals surface area contributed by atoms with Crippen LogP contribution in [0.1, 0.15) is 21.5 Å². The van der Waals surface area contributed by atoms with E-state index in [2.05, 4.69) is 5.32 Å². The van der Waals surface area contributed by atoms with Crippen LogP contribution in [-0.2, 0) is 17.6 Å². The van der Waals surface area contributed by atoms with Gasteiger partial charge in [-0.05, 0) is 66.1 Å². The van der Waals surface area contributed by atoms with Crippen molar-refractivity contribution in [2.75, 3.05) is 20.8 Å². The van der Waals surface area contributed by atoms with E-state index < -0.39 is 0 Å². The summed E-state index contributed by atoms with van der Waals surface area (Å²) in [6, 6.07) is 20.0. The molecule has 0 aliphatic rings. The smallest absolute Gasteiger partial charge is 0.224 e. The van der Waals surface area contributed by atoms with Gasteiger partial charge in [-0.25, -0.2) is 0 Å². The normalized spacial score (nSPS) is 10.3. The van der Waals surface area contributed by atoms with Crippen LogP contribution in [0.4, 0.5) is 0 Å². The minimum absolute atomic E-state index is 0.0666. The van der Waals surface area contributed by atoms with Gasteiger partial charge >= 0.3 is 0 Å². The molecule has 3 aromatic carbocycles. The minimum Gasteiger partial charge on any atom is -0.497 e. The Kier molecular flexibility index (Phi) is 7.65. The second-order valence-electron chi connectivity index (χ2n) is 6.90. The molecule has 6 heteroatoms. The van der Waals surface area contributed by atoms with Crippen LogP contribution in [0, 0.1) is 0 Å². The van der Waals surface area contributed by atoms with E-state index >= 15 is 0 Å². The number of nitrogens with one attached hydrogen (secondary N) is 1. The van der Waals surface area contributed by atoms with Crippen molar-refractivity contribution in [3.63, 3.8) is 0 Å². The highest BCUT2D eigenvalue weighted by molar-refractivity contribution is 5.78. The first-order valence-electron chi connectivity index (χ1n) is 9.91. The summed E-state index contributed by atoms with van der Waals surface area (Å²) >= 11 is 0. The molecular formula is C25H25NO5. The van der Waals surface area contributed by atoms with Crippen LogP contribution in [0.5, 0.6) is 23.0 Å². The molecule has 160 valence electrons. The number of carbonyl (C=O) groups excluding carboxylic acids is 2. The average Bonchev–Trinajstić information content (AvgIpc) is 2.80. The second kappa shape index (κ2) is 10.8. The van der Waals surface area contributed by atoms with Crippen LogP contribution in [0.2, 0.25) is 0 Å². The molecule has 0 saturated carbocycles. The first-order chi connectivity index (χ1) is 15.1. The minimum atomic E-state index is -0.0666. The maximum Gasteiger partial charge on any atom is 0.224 e. The van der Waals surface area contributed by atoms with E-state index in [1.807, 2.05) is 30.3 Å². The molecule has 0 bridgehead atoms. The van der Waals surface area contributed by atoms with Crippen molar-refractivity contribution in [1.82, 2.24) is 5.32 Å². The summed E-state index contributed by atoms with van der Waals surface area (Å²) < 4.78 is 16.5. The zero-order chi connectivity index (χ0) is 22.1. The molecule has 1 N–H and O–H groups in total. The topological polar surface area (TPSA) is 73.9 Å². The third-order valence-electron chi connectivity index (χ3n) is 4.71. The highest BCUT2D eigenvalue weighted by Gasteiger charge is 2.10. The molecule has 0 radical (unpaired) electrons. The summed E-state index contributed by atoms with van der Waals surface area (Å²) in [6.45, 7) is 0.543. The van der Waals surface area contributed by atoms with Crippen molar-refractivity contribution < 1.29 is 23.8 Å². The van der Waals surface area contributed by atoms with E-state index in [0.717, 1.165) is 29.6 Å². The molecular weight excluding hydrogens is 394 g/mol. The Bertz CT molecular complexity index is 1030. The average molecular weight is 419 g/mol. The van der Waals surface area contributed by atoms with Gasteiger partial charge in [0.15, 0.2) is 11.5 Å². The molecule has 0 unspecified atom stereocenters. The van der Waals surface area contributed by atoms with Gasteiger partial charge in [0.25, 0.3) is 0 Å². The number of carbonyl (C=O) groups is 2. The number of ether oxygens (including phenoxy) is 3. The summed E-state index contributed by atoms with van der Waals surface area (Å²) in [7, 11) is 3.19. The van der Waals surface area contributed by atoms with Gasteiger partial charge in [0.05, 0.1) is 20.6 Å². The monoisotopic (exact) mass is 419 g/mol. The van der Waals surface area contributed by atoms with Crippen LogP contribution >= 0.6 is 0 Å². The molecule has 0 aromatic heterocycles. The Labute approximate surface area is 181 Å². The molecule has 3 rings (SSSR count). The molecule has 0 aliphatic carbocycles. The predicted molar refractivity (Wildman–Crippen MR) is 118 cm³/mol. The standard InChI is InChI=1S/C25H25NO5/c1-29-22-5-3-4-18(14-22)12-13-26-25(28)16-20-8-11-23(24(15-20)30-2)31-21-9-6-19(17-27)7-10-21/h3-11,14-15,17H,12-13,16H2,1-2H3,(H,26,28). The number of benzene rings is 3. The lowest BCUT2D eigenvalue weighted by Crippen LogP contribution is -2.27. The van der Waals surface area contributed by atoms with Gasteiger partial charge in [0.1, 0.15) is 17.8 Å². The predicted octanol–water partition coefficient (Wildman–Crippen LogP) is 4.21. The van der Waals surface area contributed by atoms with E-state index in [0.29, 0.717) is 29.4 Å². The van der Waals surface area contributed by atoms with Gasteiger partial charge in [-0.1, -0.05) is 18.2 Å². The van der Waals surface area contributed by atoms with Crippen molar-refractivity contribution in [3.8, 4) is 23.0 Å². The second-order valence-corrected chi connectivity index (χ2v) is 6.90. The van der Waals surface area contributed by atoms with Crippen LogP contribution in [0.15, 0.2) is 66.7 Å². The van der Waals surface area contributed by atoms with E-state index in [1.54, 1.807) is 50.6 Å². The van der Waals surface area contributed by atoms with Crippen molar-refractivity contribution >= 4 is 12.2 Å². The van der Waals surface area contributed by atoms with E-state index in [4.69, 9.17) is 14.2 Å². The first-order valence-corrected chi connectivity index (χ1v) is 9.91. The first kappa shape index (κ1) is 21.9. The van der Waals surface area contributed by atoms with Gasteiger partial charge in [-0.2, -0.15) is 0 Å². The number of rotatable bonds is 10. The maximum atomic E-state index is 12.3. The van der Waals surface area contributed by atoms with Gasteiger partial charge in [-0.3, -0.25) is 9.59 Å². The molecule has 6 nitrogen and oxygen atoms in total. The number of aldehydes is 1. The number of hydrogen-bond acceptors (Lipinski definition) is 5. The summed E-state index contributed by atoms with van der Waals surface area (Å²) in [5.41, 5.74) is 2.50. The lowest BCUT2D eigenvalue weighted by molar-refractivity contribution is -0.120. The Balaban J connectivity index is 1.55. The summed E-state index contributed by atoms with van der Waals surface area (Å²) in [5, 5.41) is 2.94. The molecule has 31 heavy (non-hydrogen) atoms. The van der Waals surface area contributed by atoms with Gasteiger partial charge in [0.2, 0.25) is 5.91 Å². The number of amides is 1. The summed E-state index contributed by atoms with van der Waals surface area (Å²) in [5.74, 6) is 2.39.